The molecule has 1 aromatic heterocycles. The molecule has 0 spiro atoms. The minimum Gasteiger partial charge on any atom is -0.134 e. The van der Waals surface area contributed by atoms with E-state index in [1.807, 2.05) is 11.3 Å². The highest BCUT2D eigenvalue weighted by molar-refractivity contribution is 7.26. The van der Waals surface area contributed by atoms with E-state index in [1.54, 1.807) is 0 Å². The minimum absolute atomic E-state index is 1.05. The Balaban J connectivity index is 1.61. The summed E-state index contributed by atoms with van der Waals surface area (Å²) in [5, 5.41) is 2.78. The van der Waals surface area contributed by atoms with Gasteiger partial charge in [0.05, 0.1) is 0 Å². The Morgan fingerprint density at radius 3 is 2.32 bits per heavy atom. The van der Waals surface area contributed by atoms with E-state index < -0.39 is 0 Å². The van der Waals surface area contributed by atoms with E-state index in [-0.39, 0.29) is 0 Å². The molecular formula is C27H20S. The van der Waals surface area contributed by atoms with Crippen LogP contribution in [0.1, 0.15) is 23.6 Å². The minimum atomic E-state index is 1.05. The number of benzene rings is 4. The largest absolute Gasteiger partial charge is 0.134 e. The number of thiophene rings is 1. The molecule has 1 heteroatoms. The van der Waals surface area contributed by atoms with Gasteiger partial charge in [-0.2, -0.15) is 0 Å². The molecule has 1 heterocycles. The van der Waals surface area contributed by atoms with E-state index in [9.17, 15) is 0 Å². The fourth-order valence-corrected chi connectivity index (χ4v) is 6.09. The van der Waals surface area contributed by atoms with Crippen LogP contribution in [0.4, 0.5) is 0 Å². The van der Waals surface area contributed by atoms with E-state index in [4.69, 9.17) is 0 Å². The Morgan fingerprint density at radius 2 is 1.43 bits per heavy atom. The Bertz CT molecular complexity index is 1370. The molecule has 0 amide bonds. The summed E-state index contributed by atoms with van der Waals surface area (Å²) in [6.07, 6.45) is 2.13. The van der Waals surface area contributed by atoms with Crippen molar-refractivity contribution in [3.63, 3.8) is 0 Å². The van der Waals surface area contributed by atoms with Crippen molar-refractivity contribution in [3.05, 3.63) is 95.6 Å². The van der Waals surface area contributed by atoms with E-state index in [2.05, 4.69) is 85.8 Å². The quantitative estimate of drug-likeness (QED) is 0.288. The highest BCUT2D eigenvalue weighted by Crippen LogP contribution is 2.43. The maximum atomic E-state index is 2.40. The molecule has 6 rings (SSSR count). The van der Waals surface area contributed by atoms with Crippen molar-refractivity contribution in [1.29, 1.82) is 0 Å². The lowest BCUT2D eigenvalue weighted by Gasteiger charge is -2.07. The molecule has 1 aliphatic rings. The van der Waals surface area contributed by atoms with Crippen molar-refractivity contribution >= 4 is 31.5 Å². The average molecular weight is 377 g/mol. The van der Waals surface area contributed by atoms with Gasteiger partial charge in [0.15, 0.2) is 0 Å². The Morgan fingerprint density at radius 1 is 0.679 bits per heavy atom. The van der Waals surface area contributed by atoms with E-state index in [0.717, 1.165) is 12.8 Å². The second kappa shape index (κ2) is 6.05. The molecule has 0 unspecified atom stereocenters. The Labute approximate surface area is 169 Å². The molecule has 0 saturated carbocycles. The van der Waals surface area contributed by atoms with Gasteiger partial charge in [0.1, 0.15) is 0 Å². The first kappa shape index (κ1) is 16.1. The fraction of sp³-hybridized carbons (Fsp3) is 0.111. The predicted molar refractivity (Wildman–Crippen MR) is 122 cm³/mol. The summed E-state index contributed by atoms with van der Waals surface area (Å²) in [4.78, 5) is 0. The standard InChI is InChI=1S/C27H20S/c1-2-17-8-5-11-23-24-12-6-10-22(27(24)28-26(17)23)20-14-13-19-15-18-7-3-4-9-21(18)25(19)16-20/h3-14,16H,2,15H2,1H3. The SMILES string of the molecule is CCc1cccc2c1sc1c(-c3ccc4c(c3)-c3ccccc3C4)cccc12. The molecule has 4 aromatic carbocycles. The van der Waals surface area contributed by atoms with Crippen molar-refractivity contribution in [1.82, 2.24) is 0 Å². The number of hydrogen-bond donors (Lipinski definition) is 0. The van der Waals surface area contributed by atoms with E-state index >= 15 is 0 Å². The molecule has 28 heavy (non-hydrogen) atoms. The fourth-order valence-electron chi connectivity index (χ4n) is 4.68. The van der Waals surface area contributed by atoms with Crippen molar-refractivity contribution in [3.8, 4) is 22.3 Å². The molecular weight excluding hydrogens is 356 g/mol. The zero-order valence-electron chi connectivity index (χ0n) is 15.8. The lowest BCUT2D eigenvalue weighted by molar-refractivity contribution is 1.16. The van der Waals surface area contributed by atoms with Gasteiger partial charge in [0.2, 0.25) is 0 Å². The van der Waals surface area contributed by atoms with Crippen LogP contribution in [0.15, 0.2) is 78.9 Å². The molecule has 0 nitrogen and oxygen atoms in total. The Kier molecular flexibility index (Phi) is 3.48. The second-order valence-electron chi connectivity index (χ2n) is 7.64. The number of hydrogen-bond acceptors (Lipinski definition) is 1. The topological polar surface area (TPSA) is 0 Å². The molecule has 0 bridgehead atoms. The second-order valence-corrected chi connectivity index (χ2v) is 8.66. The first-order chi connectivity index (χ1) is 13.8. The van der Waals surface area contributed by atoms with Gasteiger partial charge in [-0.25, -0.2) is 0 Å². The van der Waals surface area contributed by atoms with Crippen LogP contribution in [-0.2, 0) is 12.8 Å². The third-order valence-corrected chi connectivity index (χ3v) is 7.43. The molecule has 5 aromatic rings. The monoisotopic (exact) mass is 376 g/mol. The van der Waals surface area contributed by atoms with Crippen LogP contribution in [0.2, 0.25) is 0 Å². The number of fused-ring (bicyclic) bond motifs is 6. The highest BCUT2D eigenvalue weighted by atomic mass is 32.1. The summed E-state index contributed by atoms with van der Waals surface area (Å²) in [5.41, 5.74) is 9.83. The highest BCUT2D eigenvalue weighted by Gasteiger charge is 2.19. The maximum Gasteiger partial charge on any atom is 0.0433 e. The van der Waals surface area contributed by atoms with Gasteiger partial charge < -0.3 is 0 Å². The van der Waals surface area contributed by atoms with Gasteiger partial charge in [-0.3, -0.25) is 0 Å². The van der Waals surface area contributed by atoms with Gasteiger partial charge in [-0.05, 0) is 57.9 Å². The summed E-state index contributed by atoms with van der Waals surface area (Å²) in [5.74, 6) is 0. The van der Waals surface area contributed by atoms with Gasteiger partial charge in [0, 0.05) is 20.2 Å². The number of aryl methyl sites for hydroxylation is 1. The van der Waals surface area contributed by atoms with Crippen molar-refractivity contribution in [2.24, 2.45) is 0 Å². The van der Waals surface area contributed by atoms with Crippen LogP contribution in [0, 0.1) is 0 Å². The summed E-state index contributed by atoms with van der Waals surface area (Å²) < 4.78 is 2.85. The zero-order chi connectivity index (χ0) is 18.7. The van der Waals surface area contributed by atoms with E-state index in [1.165, 1.54) is 59.1 Å². The third kappa shape index (κ3) is 2.23. The molecule has 0 fully saturated rings. The van der Waals surface area contributed by atoms with Crippen LogP contribution >= 0.6 is 11.3 Å². The van der Waals surface area contributed by atoms with Gasteiger partial charge in [-0.15, -0.1) is 11.3 Å². The average Bonchev–Trinajstić information content (AvgIpc) is 3.31. The molecule has 0 saturated heterocycles. The lowest BCUT2D eigenvalue weighted by atomic mass is 9.97. The first-order valence-corrected chi connectivity index (χ1v) is 10.8. The normalized spacial score (nSPS) is 12.5. The van der Waals surface area contributed by atoms with Gasteiger partial charge >= 0.3 is 0 Å². The Hall–Kier alpha value is -2.90. The summed E-state index contributed by atoms with van der Waals surface area (Å²) in [6.45, 7) is 2.25. The van der Waals surface area contributed by atoms with Gasteiger partial charge in [0.25, 0.3) is 0 Å². The van der Waals surface area contributed by atoms with Crippen molar-refractivity contribution in [2.75, 3.05) is 0 Å². The molecule has 1 aliphatic carbocycles. The van der Waals surface area contributed by atoms with Crippen molar-refractivity contribution in [2.45, 2.75) is 19.8 Å². The van der Waals surface area contributed by atoms with E-state index in [0.29, 0.717) is 0 Å². The van der Waals surface area contributed by atoms with Crippen LogP contribution in [0.25, 0.3) is 42.4 Å². The maximum absolute atomic E-state index is 2.40. The molecule has 0 N–H and O–H groups in total. The van der Waals surface area contributed by atoms with Crippen LogP contribution in [0.3, 0.4) is 0 Å². The van der Waals surface area contributed by atoms with Crippen LogP contribution in [-0.4, -0.2) is 0 Å². The number of rotatable bonds is 2. The molecule has 134 valence electrons. The molecule has 0 radical (unpaired) electrons. The summed E-state index contributed by atoms with van der Waals surface area (Å²) in [7, 11) is 0. The molecule has 0 aliphatic heterocycles. The first-order valence-electron chi connectivity index (χ1n) is 9.98. The summed E-state index contributed by atoms with van der Waals surface area (Å²) in [6, 6.07) is 29.4. The zero-order valence-corrected chi connectivity index (χ0v) is 16.6. The lowest BCUT2D eigenvalue weighted by Crippen LogP contribution is -1.83. The van der Waals surface area contributed by atoms with Crippen LogP contribution < -0.4 is 0 Å². The third-order valence-electron chi connectivity index (χ3n) is 6.10. The predicted octanol–water partition coefficient (Wildman–Crippen LogP) is 7.86. The molecule has 0 atom stereocenters. The smallest absolute Gasteiger partial charge is 0.0433 e. The summed E-state index contributed by atoms with van der Waals surface area (Å²) >= 11 is 1.95. The van der Waals surface area contributed by atoms with Gasteiger partial charge in [-0.1, -0.05) is 79.7 Å². The van der Waals surface area contributed by atoms with Crippen LogP contribution in [0.5, 0.6) is 0 Å². The van der Waals surface area contributed by atoms with Crippen molar-refractivity contribution < 1.29 is 0 Å².